The lowest BCUT2D eigenvalue weighted by Gasteiger charge is -2.40. The van der Waals surface area contributed by atoms with Gasteiger partial charge in [0, 0.05) is 37.0 Å². The van der Waals surface area contributed by atoms with Gasteiger partial charge in [-0.3, -0.25) is 4.79 Å². The number of carbonyl (C=O) groups excluding carboxylic acids is 1. The second-order valence-corrected chi connectivity index (χ2v) is 9.49. The van der Waals surface area contributed by atoms with Crippen molar-refractivity contribution in [2.45, 2.75) is 51.1 Å². The topological polar surface area (TPSA) is 35.6 Å². The standard InChI is InChI=1S/C27H37N3O/c1-21-19-30(20-22(2)28-21)27(31)25-13-16-29(17-14-25)18-15-26(23-9-5-3-6-10-23)24-11-7-4-8-12-24/h3-12,21-22,25-26,28H,13-20H2,1-2H3. The Morgan fingerprint density at radius 3 is 1.94 bits per heavy atom. The molecular formula is C27H37N3O. The molecule has 0 spiro atoms. The van der Waals surface area contributed by atoms with Crippen molar-refractivity contribution in [1.29, 1.82) is 0 Å². The molecule has 2 saturated heterocycles. The molecule has 4 heteroatoms. The number of rotatable bonds is 6. The van der Waals surface area contributed by atoms with Crippen LogP contribution in [0.1, 0.15) is 50.2 Å². The Balaban J connectivity index is 1.31. The lowest BCUT2D eigenvalue weighted by molar-refractivity contribution is -0.138. The molecule has 2 aromatic carbocycles. The van der Waals surface area contributed by atoms with E-state index in [9.17, 15) is 4.79 Å². The zero-order valence-electron chi connectivity index (χ0n) is 19.0. The molecule has 2 aromatic rings. The van der Waals surface area contributed by atoms with E-state index in [1.807, 2.05) is 0 Å². The van der Waals surface area contributed by atoms with E-state index in [0.717, 1.165) is 52.0 Å². The number of likely N-dealkylation sites (tertiary alicyclic amines) is 1. The van der Waals surface area contributed by atoms with Crippen LogP contribution in [-0.2, 0) is 4.79 Å². The van der Waals surface area contributed by atoms with Crippen LogP contribution in [0, 0.1) is 5.92 Å². The van der Waals surface area contributed by atoms with Crippen LogP contribution in [0.15, 0.2) is 60.7 Å². The summed E-state index contributed by atoms with van der Waals surface area (Å²) in [6.07, 6.45) is 3.10. The van der Waals surface area contributed by atoms with Crippen LogP contribution < -0.4 is 5.32 Å². The van der Waals surface area contributed by atoms with E-state index in [2.05, 4.69) is 89.6 Å². The summed E-state index contributed by atoms with van der Waals surface area (Å²) in [5, 5.41) is 3.53. The Morgan fingerprint density at radius 1 is 0.903 bits per heavy atom. The molecule has 4 nitrogen and oxygen atoms in total. The smallest absolute Gasteiger partial charge is 0.225 e. The van der Waals surface area contributed by atoms with Crippen LogP contribution in [0.3, 0.4) is 0 Å². The monoisotopic (exact) mass is 419 g/mol. The highest BCUT2D eigenvalue weighted by molar-refractivity contribution is 5.79. The number of carbonyl (C=O) groups is 1. The summed E-state index contributed by atoms with van der Waals surface area (Å²) < 4.78 is 0. The van der Waals surface area contributed by atoms with E-state index >= 15 is 0 Å². The molecule has 2 aliphatic rings. The highest BCUT2D eigenvalue weighted by Crippen LogP contribution is 2.29. The maximum absolute atomic E-state index is 13.1. The molecule has 2 aliphatic heterocycles. The predicted octanol–water partition coefficient (Wildman–Crippen LogP) is 4.13. The summed E-state index contributed by atoms with van der Waals surface area (Å²) in [6.45, 7) is 9.19. The Morgan fingerprint density at radius 2 is 1.42 bits per heavy atom. The minimum atomic E-state index is 0.202. The van der Waals surface area contributed by atoms with Gasteiger partial charge in [-0.05, 0) is 63.9 Å². The lowest BCUT2D eigenvalue weighted by Crippen LogP contribution is -2.57. The van der Waals surface area contributed by atoms with Gasteiger partial charge in [-0.15, -0.1) is 0 Å². The van der Waals surface area contributed by atoms with E-state index in [-0.39, 0.29) is 5.92 Å². The number of piperazine rings is 1. The van der Waals surface area contributed by atoms with Gasteiger partial charge in [0.1, 0.15) is 0 Å². The van der Waals surface area contributed by atoms with Crippen LogP contribution in [0.25, 0.3) is 0 Å². The Labute approximate surface area is 187 Å². The molecule has 1 N–H and O–H groups in total. The van der Waals surface area contributed by atoms with Crippen LogP contribution in [-0.4, -0.2) is 60.5 Å². The zero-order valence-corrected chi connectivity index (χ0v) is 19.0. The van der Waals surface area contributed by atoms with Gasteiger partial charge in [-0.25, -0.2) is 0 Å². The summed E-state index contributed by atoms with van der Waals surface area (Å²) in [4.78, 5) is 17.7. The molecular weight excluding hydrogens is 382 g/mol. The third-order valence-electron chi connectivity index (χ3n) is 6.94. The maximum atomic E-state index is 13.1. The molecule has 0 aromatic heterocycles. The van der Waals surface area contributed by atoms with Gasteiger partial charge in [0.05, 0.1) is 0 Å². The Bertz CT molecular complexity index is 767. The predicted molar refractivity (Wildman–Crippen MR) is 127 cm³/mol. The minimum Gasteiger partial charge on any atom is -0.339 e. The summed E-state index contributed by atoms with van der Waals surface area (Å²) in [6, 6.07) is 22.5. The van der Waals surface area contributed by atoms with Gasteiger partial charge >= 0.3 is 0 Å². The molecule has 31 heavy (non-hydrogen) atoms. The maximum Gasteiger partial charge on any atom is 0.225 e. The van der Waals surface area contributed by atoms with Crippen LogP contribution >= 0.6 is 0 Å². The third-order valence-corrected chi connectivity index (χ3v) is 6.94. The number of nitrogens with zero attached hydrogens (tertiary/aromatic N) is 2. The molecule has 4 rings (SSSR count). The largest absolute Gasteiger partial charge is 0.339 e. The Hall–Kier alpha value is -2.17. The first-order valence-electron chi connectivity index (χ1n) is 12.0. The zero-order chi connectivity index (χ0) is 21.6. The van der Waals surface area contributed by atoms with Gasteiger partial charge in [-0.2, -0.15) is 0 Å². The molecule has 2 atom stereocenters. The molecule has 0 bridgehead atoms. The van der Waals surface area contributed by atoms with Crippen molar-refractivity contribution in [1.82, 2.24) is 15.1 Å². The number of amides is 1. The number of hydrogen-bond donors (Lipinski definition) is 1. The molecule has 2 heterocycles. The second kappa shape index (κ2) is 10.4. The second-order valence-electron chi connectivity index (χ2n) is 9.49. The van der Waals surface area contributed by atoms with Gasteiger partial charge in [0.2, 0.25) is 5.91 Å². The van der Waals surface area contributed by atoms with Crippen LogP contribution in [0.2, 0.25) is 0 Å². The number of hydrogen-bond acceptors (Lipinski definition) is 3. The fraction of sp³-hybridized carbons (Fsp3) is 0.519. The van der Waals surface area contributed by atoms with E-state index in [1.165, 1.54) is 11.1 Å². The van der Waals surface area contributed by atoms with Crippen molar-refractivity contribution < 1.29 is 4.79 Å². The molecule has 1 amide bonds. The van der Waals surface area contributed by atoms with Crippen molar-refractivity contribution >= 4 is 5.91 Å². The first kappa shape index (κ1) is 22.0. The number of benzene rings is 2. The summed E-state index contributed by atoms with van der Waals surface area (Å²) in [7, 11) is 0. The van der Waals surface area contributed by atoms with Crippen molar-refractivity contribution in [3.05, 3.63) is 71.8 Å². The van der Waals surface area contributed by atoms with Gasteiger partial charge in [0.15, 0.2) is 0 Å². The fourth-order valence-corrected chi connectivity index (χ4v) is 5.38. The first-order valence-corrected chi connectivity index (χ1v) is 12.0. The molecule has 2 unspecified atom stereocenters. The SMILES string of the molecule is CC1CN(C(=O)C2CCN(CCC(c3ccccc3)c3ccccc3)CC2)CC(C)N1. The van der Waals surface area contributed by atoms with E-state index in [0.29, 0.717) is 23.9 Å². The molecule has 0 saturated carbocycles. The van der Waals surface area contributed by atoms with Crippen molar-refractivity contribution in [3.8, 4) is 0 Å². The van der Waals surface area contributed by atoms with E-state index in [4.69, 9.17) is 0 Å². The fourth-order valence-electron chi connectivity index (χ4n) is 5.38. The van der Waals surface area contributed by atoms with Crippen LogP contribution in [0.5, 0.6) is 0 Å². The number of nitrogens with one attached hydrogen (secondary N) is 1. The minimum absolute atomic E-state index is 0.202. The summed E-state index contributed by atoms with van der Waals surface area (Å²) in [5.74, 6) is 1.00. The molecule has 2 fully saturated rings. The van der Waals surface area contributed by atoms with Crippen molar-refractivity contribution in [3.63, 3.8) is 0 Å². The van der Waals surface area contributed by atoms with Crippen molar-refractivity contribution in [2.24, 2.45) is 5.92 Å². The van der Waals surface area contributed by atoms with Gasteiger partial charge in [-0.1, -0.05) is 60.7 Å². The average molecular weight is 420 g/mol. The first-order chi connectivity index (χ1) is 15.1. The lowest BCUT2D eigenvalue weighted by atomic mass is 9.88. The molecule has 0 radical (unpaired) electrons. The van der Waals surface area contributed by atoms with E-state index < -0.39 is 0 Å². The molecule has 0 aliphatic carbocycles. The Kier molecular flexibility index (Phi) is 7.41. The summed E-state index contributed by atoms with van der Waals surface area (Å²) in [5.41, 5.74) is 2.78. The van der Waals surface area contributed by atoms with Crippen molar-refractivity contribution in [2.75, 3.05) is 32.7 Å². The van der Waals surface area contributed by atoms with Crippen LogP contribution in [0.4, 0.5) is 0 Å². The van der Waals surface area contributed by atoms with Gasteiger partial charge < -0.3 is 15.1 Å². The quantitative estimate of drug-likeness (QED) is 0.765. The van der Waals surface area contributed by atoms with Gasteiger partial charge in [0.25, 0.3) is 0 Å². The van der Waals surface area contributed by atoms with E-state index in [1.54, 1.807) is 0 Å². The summed E-state index contributed by atoms with van der Waals surface area (Å²) >= 11 is 0. The molecule has 166 valence electrons. The normalized spacial score (nSPS) is 23.3. The highest BCUT2D eigenvalue weighted by atomic mass is 16.2. The number of piperidine rings is 1. The average Bonchev–Trinajstić information content (AvgIpc) is 2.80. The highest BCUT2D eigenvalue weighted by Gasteiger charge is 2.32. The third kappa shape index (κ3) is 5.75.